The minimum absolute atomic E-state index is 0.150. The van der Waals surface area contributed by atoms with Crippen molar-refractivity contribution in [3.05, 3.63) is 30.5 Å². The number of aromatic amines is 1. The van der Waals surface area contributed by atoms with Crippen LogP contribution in [0.15, 0.2) is 24.8 Å². The van der Waals surface area contributed by atoms with Gasteiger partial charge in [-0.3, -0.25) is 4.68 Å². The van der Waals surface area contributed by atoms with Gasteiger partial charge in [0.15, 0.2) is 0 Å². The molecule has 0 saturated heterocycles. The minimum atomic E-state index is 0.150. The van der Waals surface area contributed by atoms with Gasteiger partial charge in [-0.25, -0.2) is 9.97 Å². The first-order valence-corrected chi connectivity index (χ1v) is 9.43. The highest BCUT2D eigenvalue weighted by atomic mass is 15.3. The zero-order chi connectivity index (χ0) is 18.1. The first kappa shape index (κ1) is 16.8. The van der Waals surface area contributed by atoms with Crippen LogP contribution in [0.25, 0.3) is 22.3 Å². The van der Waals surface area contributed by atoms with Crippen molar-refractivity contribution in [3.8, 4) is 17.3 Å². The summed E-state index contributed by atoms with van der Waals surface area (Å²) in [4.78, 5) is 12.0. The van der Waals surface area contributed by atoms with Crippen molar-refractivity contribution in [2.75, 3.05) is 0 Å². The van der Waals surface area contributed by atoms with Gasteiger partial charge in [0.1, 0.15) is 12.0 Å². The van der Waals surface area contributed by atoms with Crippen LogP contribution in [0.4, 0.5) is 0 Å². The van der Waals surface area contributed by atoms with Gasteiger partial charge in [-0.1, -0.05) is 26.7 Å². The highest BCUT2D eigenvalue weighted by Crippen LogP contribution is 2.38. The first-order valence-electron chi connectivity index (χ1n) is 9.43. The third kappa shape index (κ3) is 2.88. The normalized spacial score (nSPS) is 16.4. The molecule has 3 heterocycles. The van der Waals surface area contributed by atoms with E-state index in [1.807, 2.05) is 16.9 Å². The summed E-state index contributed by atoms with van der Waals surface area (Å²) in [7, 11) is 0. The molecule has 1 N–H and O–H groups in total. The Morgan fingerprint density at radius 2 is 2.12 bits per heavy atom. The summed E-state index contributed by atoms with van der Waals surface area (Å²) in [5.74, 6) is 0.821. The van der Waals surface area contributed by atoms with Gasteiger partial charge in [-0.15, -0.1) is 0 Å². The third-order valence-electron chi connectivity index (χ3n) is 5.50. The van der Waals surface area contributed by atoms with E-state index in [4.69, 9.17) is 5.10 Å². The predicted molar refractivity (Wildman–Crippen MR) is 100 cm³/mol. The molecule has 1 fully saturated rings. The highest BCUT2D eigenvalue weighted by molar-refractivity contribution is 5.90. The summed E-state index contributed by atoms with van der Waals surface area (Å²) in [6.45, 7) is 4.31. The number of rotatable bonds is 5. The molecule has 6 heteroatoms. The fraction of sp³-hybridized carbons (Fsp3) is 0.500. The topological polar surface area (TPSA) is 83.2 Å². The molecule has 0 bridgehead atoms. The zero-order valence-electron chi connectivity index (χ0n) is 15.3. The molecule has 3 aromatic rings. The number of nitrogens with one attached hydrogen (secondary N) is 1. The van der Waals surface area contributed by atoms with Crippen molar-refractivity contribution in [1.29, 1.82) is 5.26 Å². The smallest absolute Gasteiger partial charge is 0.141 e. The van der Waals surface area contributed by atoms with Crippen molar-refractivity contribution in [2.45, 2.75) is 57.9 Å². The molecule has 26 heavy (non-hydrogen) atoms. The van der Waals surface area contributed by atoms with E-state index in [0.29, 0.717) is 12.3 Å². The molecule has 0 aliphatic heterocycles. The maximum atomic E-state index is 9.36. The second-order valence-corrected chi connectivity index (χ2v) is 7.50. The largest absolute Gasteiger partial charge is 0.346 e. The lowest BCUT2D eigenvalue weighted by atomic mass is 9.96. The van der Waals surface area contributed by atoms with Crippen LogP contribution in [0.3, 0.4) is 0 Å². The van der Waals surface area contributed by atoms with E-state index in [0.717, 1.165) is 28.0 Å². The lowest BCUT2D eigenvalue weighted by Crippen LogP contribution is -2.18. The summed E-state index contributed by atoms with van der Waals surface area (Å²) in [6, 6.07) is 4.53. The Morgan fingerprint density at radius 3 is 2.85 bits per heavy atom. The first-order chi connectivity index (χ1) is 12.7. The summed E-state index contributed by atoms with van der Waals surface area (Å²) < 4.78 is 2.05. The number of H-pyrrole nitrogens is 1. The van der Waals surface area contributed by atoms with Gasteiger partial charge >= 0.3 is 0 Å². The fourth-order valence-corrected chi connectivity index (χ4v) is 4.18. The van der Waals surface area contributed by atoms with Gasteiger partial charge in [0, 0.05) is 23.3 Å². The molecule has 0 radical (unpaired) electrons. The molecule has 1 unspecified atom stereocenters. The lowest BCUT2D eigenvalue weighted by Gasteiger charge is -2.21. The monoisotopic (exact) mass is 348 g/mol. The van der Waals surface area contributed by atoms with Crippen LogP contribution in [0.1, 0.15) is 63.6 Å². The second-order valence-electron chi connectivity index (χ2n) is 7.50. The van der Waals surface area contributed by atoms with Gasteiger partial charge in [0.2, 0.25) is 0 Å². The standard InChI is InChI=1S/C20H24N6/c1-13(2)18-16(19-15-8-10-22-20(15)24-12-23-19)11-26(25-18)17(7-9-21)14-5-3-4-6-14/h8,10-14,17H,3-7H2,1-2H3,(H,22,23,24). The van der Waals surface area contributed by atoms with Gasteiger partial charge in [-0.05, 0) is 30.7 Å². The van der Waals surface area contributed by atoms with Crippen LogP contribution in [0.5, 0.6) is 0 Å². The Bertz CT molecular complexity index is 939. The Balaban J connectivity index is 1.83. The average molecular weight is 348 g/mol. The molecule has 0 spiro atoms. The molecular formula is C20H24N6. The van der Waals surface area contributed by atoms with Crippen LogP contribution >= 0.6 is 0 Å². The summed E-state index contributed by atoms with van der Waals surface area (Å²) in [6.07, 6.45) is 11.0. The van der Waals surface area contributed by atoms with Gasteiger partial charge in [-0.2, -0.15) is 10.4 Å². The van der Waals surface area contributed by atoms with Crippen LogP contribution in [-0.2, 0) is 0 Å². The summed E-state index contributed by atoms with van der Waals surface area (Å²) in [5.41, 5.74) is 3.83. The van der Waals surface area contributed by atoms with Crippen LogP contribution in [0.2, 0.25) is 0 Å². The molecule has 1 aliphatic carbocycles. The number of fused-ring (bicyclic) bond motifs is 1. The average Bonchev–Trinajstić information content (AvgIpc) is 3.39. The maximum Gasteiger partial charge on any atom is 0.141 e. The molecular weight excluding hydrogens is 324 g/mol. The maximum absolute atomic E-state index is 9.36. The molecule has 134 valence electrons. The molecule has 3 aromatic heterocycles. The molecule has 1 aliphatic rings. The van der Waals surface area contributed by atoms with Crippen molar-refractivity contribution in [1.82, 2.24) is 24.7 Å². The number of hydrogen-bond donors (Lipinski definition) is 1. The predicted octanol–water partition coefficient (Wildman–Crippen LogP) is 4.59. The van der Waals surface area contributed by atoms with Gasteiger partial charge < -0.3 is 4.98 Å². The van der Waals surface area contributed by atoms with E-state index >= 15 is 0 Å². The van der Waals surface area contributed by atoms with Crippen LogP contribution < -0.4 is 0 Å². The SMILES string of the molecule is CC(C)c1nn(C(CC#N)C2CCCC2)cc1-c1ncnc2[nH]ccc12. The lowest BCUT2D eigenvalue weighted by molar-refractivity contribution is 0.313. The van der Waals surface area contributed by atoms with Crippen molar-refractivity contribution < 1.29 is 0 Å². The highest BCUT2D eigenvalue weighted by Gasteiger charge is 2.29. The van der Waals surface area contributed by atoms with Crippen LogP contribution in [0, 0.1) is 17.2 Å². The molecule has 1 saturated carbocycles. The van der Waals surface area contributed by atoms with Gasteiger partial charge in [0.05, 0.1) is 29.9 Å². The molecule has 1 atom stereocenters. The number of nitriles is 1. The van der Waals surface area contributed by atoms with E-state index in [1.165, 1.54) is 25.7 Å². The van der Waals surface area contributed by atoms with Crippen molar-refractivity contribution in [2.24, 2.45) is 5.92 Å². The van der Waals surface area contributed by atoms with Crippen LogP contribution in [-0.4, -0.2) is 24.7 Å². The van der Waals surface area contributed by atoms with Crippen molar-refractivity contribution in [3.63, 3.8) is 0 Å². The zero-order valence-corrected chi connectivity index (χ0v) is 15.3. The number of hydrogen-bond acceptors (Lipinski definition) is 4. The molecule has 6 nitrogen and oxygen atoms in total. The Kier molecular flexibility index (Phi) is 4.46. The van der Waals surface area contributed by atoms with E-state index < -0.39 is 0 Å². The molecule has 0 aromatic carbocycles. The van der Waals surface area contributed by atoms with Gasteiger partial charge in [0.25, 0.3) is 0 Å². The number of nitrogens with zero attached hydrogens (tertiary/aromatic N) is 5. The fourth-order valence-electron chi connectivity index (χ4n) is 4.18. The summed E-state index contributed by atoms with van der Waals surface area (Å²) in [5, 5.41) is 15.3. The van der Waals surface area contributed by atoms with E-state index in [2.05, 4.69) is 41.1 Å². The quantitative estimate of drug-likeness (QED) is 0.731. The van der Waals surface area contributed by atoms with E-state index in [1.54, 1.807) is 6.33 Å². The Labute approximate surface area is 153 Å². The van der Waals surface area contributed by atoms with Crippen molar-refractivity contribution >= 4 is 11.0 Å². The Hall–Kier alpha value is -2.68. The molecule has 0 amide bonds. The summed E-state index contributed by atoms with van der Waals surface area (Å²) >= 11 is 0. The molecule has 4 rings (SSSR count). The van der Waals surface area contributed by atoms with E-state index in [-0.39, 0.29) is 12.0 Å². The Morgan fingerprint density at radius 1 is 1.31 bits per heavy atom. The number of aromatic nitrogens is 5. The third-order valence-corrected chi connectivity index (χ3v) is 5.50. The van der Waals surface area contributed by atoms with E-state index in [9.17, 15) is 5.26 Å². The second kappa shape index (κ2) is 6.91. The minimum Gasteiger partial charge on any atom is -0.346 e.